The number of hydrogen-bond acceptors (Lipinski definition) is 3. The lowest BCUT2D eigenvalue weighted by molar-refractivity contribution is 0.443. The number of benzene rings is 1. The Morgan fingerprint density at radius 1 is 1.56 bits per heavy atom. The Kier molecular flexibility index (Phi) is 4.62. The van der Waals surface area contributed by atoms with E-state index in [0.29, 0.717) is 0 Å². The van der Waals surface area contributed by atoms with Gasteiger partial charge in [0.25, 0.3) is 0 Å². The molecule has 0 spiro atoms. The van der Waals surface area contributed by atoms with Crippen molar-refractivity contribution in [1.82, 2.24) is 0 Å². The molecule has 1 aliphatic rings. The Bertz CT molecular complexity index is 478. The Labute approximate surface area is 126 Å². The lowest BCUT2D eigenvalue weighted by Crippen LogP contribution is -2.29. The smallest absolute Gasteiger partial charge is 0.161 e. The average Bonchev–Trinajstić information content (AvgIpc) is 2.33. The lowest BCUT2D eigenvalue weighted by atomic mass is 9.97. The van der Waals surface area contributed by atoms with Gasteiger partial charge in [0.15, 0.2) is 5.17 Å². The first kappa shape index (κ1) is 14.2. The van der Waals surface area contributed by atoms with Crippen LogP contribution in [0.15, 0.2) is 27.7 Å². The summed E-state index contributed by atoms with van der Waals surface area (Å²) in [5, 5.41) is 5.09. The van der Waals surface area contributed by atoms with Crippen LogP contribution < -0.4 is 5.32 Å². The second-order valence-electron chi connectivity index (χ2n) is 4.62. The average molecular weight is 348 g/mol. The summed E-state index contributed by atoms with van der Waals surface area (Å²) >= 11 is 11.2. The van der Waals surface area contributed by atoms with Crippen molar-refractivity contribution in [3.63, 3.8) is 0 Å². The summed E-state index contributed by atoms with van der Waals surface area (Å²) in [7, 11) is 0. The number of amidine groups is 1. The summed E-state index contributed by atoms with van der Waals surface area (Å²) in [6.07, 6.45) is 2.21. The molecule has 18 heavy (non-hydrogen) atoms. The van der Waals surface area contributed by atoms with Crippen molar-refractivity contribution in [2.24, 2.45) is 4.99 Å². The van der Waals surface area contributed by atoms with Gasteiger partial charge < -0.3 is 5.32 Å². The van der Waals surface area contributed by atoms with Crippen LogP contribution in [-0.2, 0) is 0 Å². The maximum Gasteiger partial charge on any atom is 0.161 e. The van der Waals surface area contributed by atoms with E-state index in [1.165, 1.54) is 0 Å². The fourth-order valence-corrected chi connectivity index (χ4v) is 3.71. The number of rotatable bonds is 2. The van der Waals surface area contributed by atoms with Gasteiger partial charge in [0.2, 0.25) is 0 Å². The van der Waals surface area contributed by atoms with E-state index in [2.05, 4.69) is 35.1 Å². The molecule has 0 aromatic heterocycles. The van der Waals surface area contributed by atoms with Crippen LogP contribution in [0.3, 0.4) is 0 Å². The van der Waals surface area contributed by atoms with Gasteiger partial charge in [0.1, 0.15) is 0 Å². The van der Waals surface area contributed by atoms with Gasteiger partial charge in [-0.2, -0.15) is 0 Å². The molecule has 0 saturated heterocycles. The minimum absolute atomic E-state index is 0.0759. The highest BCUT2D eigenvalue weighted by atomic mass is 79.9. The zero-order valence-corrected chi connectivity index (χ0v) is 13.6. The molecule has 0 saturated carbocycles. The molecule has 98 valence electrons. The highest BCUT2D eigenvalue weighted by molar-refractivity contribution is 9.10. The monoisotopic (exact) mass is 346 g/mol. The zero-order chi connectivity index (χ0) is 13.2. The van der Waals surface area contributed by atoms with Crippen LogP contribution >= 0.6 is 39.3 Å². The van der Waals surface area contributed by atoms with Gasteiger partial charge in [-0.15, -0.1) is 0 Å². The number of anilines is 1. The van der Waals surface area contributed by atoms with Gasteiger partial charge in [0, 0.05) is 15.2 Å². The SMILES string of the molecule is CCC1(C)CCSC(Nc2ccc(Cl)cc2Br)=N1. The van der Waals surface area contributed by atoms with Gasteiger partial charge in [-0.05, 0) is 53.9 Å². The topological polar surface area (TPSA) is 24.4 Å². The van der Waals surface area contributed by atoms with Gasteiger partial charge in [-0.1, -0.05) is 30.3 Å². The summed E-state index contributed by atoms with van der Waals surface area (Å²) in [4.78, 5) is 4.81. The van der Waals surface area contributed by atoms with Crippen molar-refractivity contribution < 1.29 is 0 Å². The Morgan fingerprint density at radius 3 is 3.00 bits per heavy atom. The molecule has 0 fully saturated rings. The Hall–Kier alpha value is -0.190. The molecule has 0 bridgehead atoms. The molecule has 1 aromatic rings. The third-order valence-corrected chi connectivity index (χ3v) is 4.95. The van der Waals surface area contributed by atoms with E-state index in [0.717, 1.165) is 38.9 Å². The first-order chi connectivity index (χ1) is 8.52. The van der Waals surface area contributed by atoms with Crippen molar-refractivity contribution in [2.75, 3.05) is 11.1 Å². The molecule has 0 aliphatic carbocycles. The molecular formula is C13H16BrClN2S. The lowest BCUT2D eigenvalue weighted by Gasteiger charge is -2.29. The van der Waals surface area contributed by atoms with E-state index in [4.69, 9.17) is 16.6 Å². The number of nitrogens with zero attached hydrogens (tertiary/aromatic N) is 1. The maximum atomic E-state index is 5.93. The minimum Gasteiger partial charge on any atom is -0.334 e. The fraction of sp³-hybridized carbons (Fsp3) is 0.462. The summed E-state index contributed by atoms with van der Waals surface area (Å²) in [6.45, 7) is 4.40. The molecule has 1 unspecified atom stereocenters. The number of thioether (sulfide) groups is 1. The van der Waals surface area contributed by atoms with Crippen molar-refractivity contribution in [1.29, 1.82) is 0 Å². The molecule has 2 nitrogen and oxygen atoms in total. The molecule has 5 heteroatoms. The Balaban J connectivity index is 2.18. The molecule has 0 radical (unpaired) electrons. The molecule has 1 heterocycles. The number of nitrogens with one attached hydrogen (secondary N) is 1. The summed E-state index contributed by atoms with van der Waals surface area (Å²) < 4.78 is 0.960. The summed E-state index contributed by atoms with van der Waals surface area (Å²) in [5.74, 6) is 1.11. The second-order valence-corrected chi connectivity index (χ2v) is 6.99. The van der Waals surface area contributed by atoms with E-state index in [9.17, 15) is 0 Å². The molecule has 2 rings (SSSR count). The van der Waals surface area contributed by atoms with E-state index < -0.39 is 0 Å². The van der Waals surface area contributed by atoms with Crippen molar-refractivity contribution >= 4 is 50.1 Å². The summed E-state index contributed by atoms with van der Waals surface area (Å²) in [5.41, 5.74) is 1.08. The van der Waals surface area contributed by atoms with Crippen molar-refractivity contribution in [3.8, 4) is 0 Å². The minimum atomic E-state index is 0.0759. The molecule has 1 aromatic carbocycles. The van der Waals surface area contributed by atoms with Crippen LogP contribution in [0, 0.1) is 0 Å². The third-order valence-electron chi connectivity index (χ3n) is 3.19. The molecular weight excluding hydrogens is 332 g/mol. The number of halogens is 2. The predicted molar refractivity (Wildman–Crippen MR) is 86.0 cm³/mol. The molecule has 1 atom stereocenters. The number of aliphatic imine (C=N–C) groups is 1. The highest BCUT2D eigenvalue weighted by Gasteiger charge is 2.26. The van der Waals surface area contributed by atoms with Gasteiger partial charge >= 0.3 is 0 Å². The zero-order valence-electron chi connectivity index (χ0n) is 10.5. The predicted octanol–water partition coefficient (Wildman–Crippen LogP) is 5.18. The van der Waals surface area contributed by atoms with Crippen molar-refractivity contribution in [2.45, 2.75) is 32.2 Å². The molecule has 0 amide bonds. The molecule has 1 N–H and O–H groups in total. The van der Waals surface area contributed by atoms with Crippen LogP contribution in [0.25, 0.3) is 0 Å². The quantitative estimate of drug-likeness (QED) is 0.797. The normalized spacial score (nSPS) is 23.7. The first-order valence-corrected chi connectivity index (χ1v) is 8.13. The van der Waals surface area contributed by atoms with Gasteiger partial charge in [-0.25, -0.2) is 0 Å². The van der Waals surface area contributed by atoms with E-state index in [-0.39, 0.29) is 5.54 Å². The van der Waals surface area contributed by atoms with Crippen LogP contribution in [0.5, 0.6) is 0 Å². The summed E-state index contributed by atoms with van der Waals surface area (Å²) in [6, 6.07) is 5.73. The van der Waals surface area contributed by atoms with Gasteiger partial charge in [-0.3, -0.25) is 4.99 Å². The fourth-order valence-electron chi connectivity index (χ4n) is 1.73. The van der Waals surface area contributed by atoms with Gasteiger partial charge in [0.05, 0.1) is 11.2 Å². The van der Waals surface area contributed by atoms with E-state index >= 15 is 0 Å². The Morgan fingerprint density at radius 2 is 2.33 bits per heavy atom. The van der Waals surface area contributed by atoms with E-state index in [1.54, 1.807) is 11.8 Å². The maximum absolute atomic E-state index is 5.93. The van der Waals surface area contributed by atoms with Crippen LogP contribution in [0.2, 0.25) is 5.02 Å². The largest absolute Gasteiger partial charge is 0.334 e. The first-order valence-electron chi connectivity index (χ1n) is 5.97. The molecule has 1 aliphatic heterocycles. The van der Waals surface area contributed by atoms with Crippen LogP contribution in [-0.4, -0.2) is 16.5 Å². The standard InChI is InChI=1S/C13H16BrClN2S/c1-3-13(2)6-7-18-12(17-13)16-11-5-4-9(15)8-10(11)14/h4-5,8H,3,6-7H2,1-2H3,(H,16,17). The van der Waals surface area contributed by atoms with E-state index in [1.807, 2.05) is 18.2 Å². The number of hydrogen-bond donors (Lipinski definition) is 1. The second kappa shape index (κ2) is 5.85. The van der Waals surface area contributed by atoms with Crippen LogP contribution in [0.1, 0.15) is 26.7 Å². The van der Waals surface area contributed by atoms with Crippen LogP contribution in [0.4, 0.5) is 5.69 Å². The third kappa shape index (κ3) is 3.43. The highest BCUT2D eigenvalue weighted by Crippen LogP contribution is 2.32. The van der Waals surface area contributed by atoms with Crippen molar-refractivity contribution in [3.05, 3.63) is 27.7 Å².